The molecule has 0 aliphatic carbocycles. The number of anilines is 1. The third kappa shape index (κ3) is 4.09. The molecular formula is C15H17N5OS. The zero-order valence-electron chi connectivity index (χ0n) is 12.5. The van der Waals surface area contributed by atoms with Crippen molar-refractivity contribution >= 4 is 23.5 Å². The average Bonchev–Trinajstić information content (AvgIpc) is 2.85. The molecule has 22 heavy (non-hydrogen) atoms. The first-order valence-electron chi connectivity index (χ1n) is 6.95. The zero-order valence-corrected chi connectivity index (χ0v) is 13.4. The molecule has 7 heteroatoms. The molecule has 0 atom stereocenters. The van der Waals surface area contributed by atoms with E-state index in [9.17, 15) is 4.79 Å². The van der Waals surface area contributed by atoms with Crippen LogP contribution in [-0.4, -0.2) is 26.4 Å². The van der Waals surface area contributed by atoms with Gasteiger partial charge in [-0.15, -0.1) is 11.8 Å². The molecule has 2 rings (SSSR count). The number of pyridine rings is 1. The number of hydrogen-bond donors (Lipinski definition) is 1. The van der Waals surface area contributed by atoms with Crippen LogP contribution in [0, 0.1) is 18.3 Å². The Labute approximate surface area is 133 Å². The Morgan fingerprint density at radius 3 is 3.05 bits per heavy atom. The monoisotopic (exact) mass is 315 g/mol. The molecule has 2 aromatic heterocycles. The van der Waals surface area contributed by atoms with Crippen molar-refractivity contribution in [1.29, 1.82) is 5.26 Å². The smallest absolute Gasteiger partial charge is 0.256 e. The number of nitrogens with one attached hydrogen (secondary N) is 1. The van der Waals surface area contributed by atoms with Crippen molar-refractivity contribution < 1.29 is 4.79 Å². The van der Waals surface area contributed by atoms with Crippen LogP contribution in [0.15, 0.2) is 29.4 Å². The molecule has 0 unspecified atom stereocenters. The Balaban J connectivity index is 2.15. The Hall–Kier alpha value is -2.33. The zero-order chi connectivity index (χ0) is 15.9. The van der Waals surface area contributed by atoms with Gasteiger partial charge in [-0.25, -0.2) is 9.67 Å². The molecule has 0 aromatic carbocycles. The highest BCUT2D eigenvalue weighted by Gasteiger charge is 2.12. The van der Waals surface area contributed by atoms with Crippen LogP contribution in [-0.2, 0) is 6.54 Å². The molecule has 0 fully saturated rings. The number of amides is 1. The van der Waals surface area contributed by atoms with E-state index >= 15 is 0 Å². The van der Waals surface area contributed by atoms with Crippen molar-refractivity contribution in [2.75, 3.05) is 11.1 Å². The fourth-order valence-electron chi connectivity index (χ4n) is 1.94. The largest absolute Gasteiger partial charge is 0.307 e. The highest BCUT2D eigenvalue weighted by Crippen LogP contribution is 2.17. The summed E-state index contributed by atoms with van der Waals surface area (Å²) in [6, 6.07) is 7.31. The number of aromatic nitrogens is 3. The normalized spacial score (nSPS) is 10.2. The predicted octanol–water partition coefficient (Wildman–Crippen LogP) is 2.86. The van der Waals surface area contributed by atoms with E-state index in [0.717, 1.165) is 16.5 Å². The summed E-state index contributed by atoms with van der Waals surface area (Å²) < 4.78 is 1.64. The van der Waals surface area contributed by atoms with E-state index in [-0.39, 0.29) is 5.91 Å². The Morgan fingerprint density at radius 2 is 2.32 bits per heavy atom. The predicted molar refractivity (Wildman–Crippen MR) is 85.8 cm³/mol. The van der Waals surface area contributed by atoms with Gasteiger partial charge in [0.25, 0.3) is 5.91 Å². The minimum atomic E-state index is -0.210. The number of nitriles is 1. The number of carbonyl (C=O) groups is 1. The van der Waals surface area contributed by atoms with E-state index in [1.807, 2.05) is 13.8 Å². The maximum atomic E-state index is 12.4. The first kappa shape index (κ1) is 16.0. The van der Waals surface area contributed by atoms with Crippen LogP contribution in [0.25, 0.3) is 0 Å². The molecule has 6 nitrogen and oxygen atoms in total. The van der Waals surface area contributed by atoms with Crippen molar-refractivity contribution in [3.63, 3.8) is 0 Å². The second kappa shape index (κ2) is 7.61. The second-order valence-electron chi connectivity index (χ2n) is 4.57. The molecule has 2 heterocycles. The molecule has 0 aliphatic rings. The van der Waals surface area contributed by atoms with Crippen molar-refractivity contribution in [2.45, 2.75) is 31.8 Å². The van der Waals surface area contributed by atoms with E-state index in [2.05, 4.69) is 21.5 Å². The molecule has 0 saturated carbocycles. The summed E-state index contributed by atoms with van der Waals surface area (Å²) in [5.74, 6) is 1.29. The van der Waals surface area contributed by atoms with Crippen LogP contribution in [0.3, 0.4) is 0 Å². The molecule has 1 amide bonds. The fraction of sp³-hybridized carbons (Fsp3) is 0.333. The summed E-state index contributed by atoms with van der Waals surface area (Å²) in [6.45, 7) is 4.34. The topological polar surface area (TPSA) is 83.6 Å². The summed E-state index contributed by atoms with van der Waals surface area (Å²) in [5.41, 5.74) is 1.35. The minimum absolute atomic E-state index is 0.210. The van der Waals surface area contributed by atoms with E-state index < -0.39 is 0 Å². The van der Waals surface area contributed by atoms with Gasteiger partial charge in [0.2, 0.25) is 0 Å². The molecule has 0 bridgehead atoms. The molecule has 0 spiro atoms. The van der Waals surface area contributed by atoms with Crippen LogP contribution >= 0.6 is 11.8 Å². The van der Waals surface area contributed by atoms with E-state index in [4.69, 9.17) is 5.26 Å². The van der Waals surface area contributed by atoms with Gasteiger partial charge in [0.05, 0.1) is 29.8 Å². The lowest BCUT2D eigenvalue weighted by molar-refractivity contribution is 0.102. The summed E-state index contributed by atoms with van der Waals surface area (Å²) in [5, 5.41) is 16.6. The minimum Gasteiger partial charge on any atom is -0.307 e. The summed E-state index contributed by atoms with van der Waals surface area (Å²) in [4.78, 5) is 16.6. The quantitative estimate of drug-likeness (QED) is 0.829. The van der Waals surface area contributed by atoms with Gasteiger partial charge in [-0.2, -0.15) is 10.4 Å². The van der Waals surface area contributed by atoms with Gasteiger partial charge >= 0.3 is 0 Å². The lowest BCUT2D eigenvalue weighted by Crippen LogP contribution is -2.16. The van der Waals surface area contributed by atoms with Gasteiger partial charge in [0.15, 0.2) is 0 Å². The van der Waals surface area contributed by atoms with Gasteiger partial charge in [0.1, 0.15) is 5.82 Å². The number of rotatable bonds is 6. The molecule has 114 valence electrons. The fourth-order valence-corrected chi connectivity index (χ4v) is 2.58. The first-order chi connectivity index (χ1) is 10.6. The second-order valence-corrected chi connectivity index (χ2v) is 5.86. The number of aryl methyl sites for hydroxylation is 2. The average molecular weight is 315 g/mol. The van der Waals surface area contributed by atoms with Crippen LogP contribution < -0.4 is 5.32 Å². The van der Waals surface area contributed by atoms with Crippen LogP contribution in [0.4, 0.5) is 5.82 Å². The number of nitrogens with zero attached hydrogens (tertiary/aromatic N) is 4. The Kier molecular flexibility index (Phi) is 5.55. The van der Waals surface area contributed by atoms with Crippen molar-refractivity contribution in [3.8, 4) is 6.07 Å². The van der Waals surface area contributed by atoms with Crippen molar-refractivity contribution in [2.24, 2.45) is 0 Å². The highest BCUT2D eigenvalue weighted by atomic mass is 32.2. The standard InChI is InChI=1S/C15H17N5OS/c1-3-22-14-10-12(5-7-17-14)15(21)18-13-9-11(2)19-20(13)8-4-6-16/h5,7,9-10H,3-4,8H2,1-2H3,(H,18,21). The lowest BCUT2D eigenvalue weighted by Gasteiger charge is -2.08. The first-order valence-corrected chi connectivity index (χ1v) is 7.94. The highest BCUT2D eigenvalue weighted by molar-refractivity contribution is 7.99. The maximum absolute atomic E-state index is 12.4. The summed E-state index contributed by atoms with van der Waals surface area (Å²) in [6.07, 6.45) is 1.97. The number of carbonyl (C=O) groups excluding carboxylic acids is 1. The SMILES string of the molecule is CCSc1cc(C(=O)Nc2cc(C)nn2CCC#N)ccn1. The van der Waals surface area contributed by atoms with Crippen LogP contribution in [0.2, 0.25) is 0 Å². The van der Waals surface area contributed by atoms with Crippen LogP contribution in [0.1, 0.15) is 29.4 Å². The molecule has 0 radical (unpaired) electrons. The molecule has 2 aromatic rings. The molecule has 0 aliphatic heterocycles. The third-order valence-corrected chi connectivity index (χ3v) is 3.68. The van der Waals surface area contributed by atoms with Crippen molar-refractivity contribution in [3.05, 3.63) is 35.7 Å². The lowest BCUT2D eigenvalue weighted by atomic mass is 10.2. The Morgan fingerprint density at radius 1 is 1.50 bits per heavy atom. The Bertz CT molecular complexity index is 704. The number of thioether (sulfide) groups is 1. The van der Waals surface area contributed by atoms with Crippen molar-refractivity contribution in [1.82, 2.24) is 14.8 Å². The summed E-state index contributed by atoms with van der Waals surface area (Å²) in [7, 11) is 0. The summed E-state index contributed by atoms with van der Waals surface area (Å²) >= 11 is 1.59. The molecule has 0 saturated heterocycles. The van der Waals surface area contributed by atoms with Crippen LogP contribution in [0.5, 0.6) is 0 Å². The third-order valence-electron chi connectivity index (χ3n) is 2.87. The van der Waals surface area contributed by atoms with E-state index in [1.165, 1.54) is 0 Å². The van der Waals surface area contributed by atoms with Gasteiger partial charge in [0, 0.05) is 17.8 Å². The van der Waals surface area contributed by atoms with Gasteiger partial charge in [-0.05, 0) is 24.8 Å². The maximum Gasteiger partial charge on any atom is 0.256 e. The van der Waals surface area contributed by atoms with Gasteiger partial charge < -0.3 is 5.32 Å². The van der Waals surface area contributed by atoms with Gasteiger partial charge in [-0.3, -0.25) is 4.79 Å². The molecule has 1 N–H and O–H groups in total. The van der Waals surface area contributed by atoms with Gasteiger partial charge in [-0.1, -0.05) is 6.92 Å². The molecular weight excluding hydrogens is 298 g/mol. The van der Waals surface area contributed by atoms with E-state index in [0.29, 0.717) is 24.3 Å². The van der Waals surface area contributed by atoms with E-state index in [1.54, 1.807) is 40.8 Å². The number of hydrogen-bond acceptors (Lipinski definition) is 5.